The average Bonchev–Trinajstić information content (AvgIpc) is 3.34. The molecule has 0 aliphatic rings. The maximum atomic E-state index is 14.0. The summed E-state index contributed by atoms with van der Waals surface area (Å²) in [5.41, 5.74) is 2.17. The number of carbonyl (C=O) groups is 1. The molecule has 3 aromatic carbocycles. The molecule has 0 bridgehead atoms. The summed E-state index contributed by atoms with van der Waals surface area (Å²) in [6, 6.07) is 17.1. The Morgan fingerprint density at radius 3 is 2.28 bits per heavy atom. The highest BCUT2D eigenvalue weighted by Gasteiger charge is 2.34. The molecule has 9 heteroatoms. The van der Waals surface area contributed by atoms with Gasteiger partial charge in [0.15, 0.2) is 0 Å². The standard InChI is InChI=1S/C27H24F3N3O3/c1-15-6-4-5-7-21(15)22-13-12-20(14-23(22)27(28,29)30)25-32-24(33-36-25)19-10-8-18(9-11-19)16(2)31-17(3)26(34)35/h4-14,16-17,31H,1-3H3,(H,34,35)/t16-,17-/m1/s1. The Morgan fingerprint density at radius 2 is 1.64 bits per heavy atom. The second-order valence-electron chi connectivity index (χ2n) is 8.57. The van der Waals surface area contributed by atoms with Crippen LogP contribution in [0, 0.1) is 6.92 Å². The van der Waals surface area contributed by atoms with Crippen LogP contribution in [-0.4, -0.2) is 27.3 Å². The van der Waals surface area contributed by atoms with Crippen LogP contribution < -0.4 is 5.32 Å². The summed E-state index contributed by atoms with van der Waals surface area (Å²) in [4.78, 5) is 15.4. The minimum Gasteiger partial charge on any atom is -0.480 e. The maximum Gasteiger partial charge on any atom is 0.417 e. The molecular formula is C27H24F3N3O3. The summed E-state index contributed by atoms with van der Waals surface area (Å²) < 4.78 is 47.2. The number of aliphatic carboxylic acids is 1. The molecule has 0 radical (unpaired) electrons. The average molecular weight is 496 g/mol. The molecule has 0 spiro atoms. The molecule has 0 amide bonds. The van der Waals surface area contributed by atoms with Crippen LogP contribution in [-0.2, 0) is 11.0 Å². The van der Waals surface area contributed by atoms with Crippen molar-refractivity contribution in [1.29, 1.82) is 0 Å². The molecule has 0 saturated heterocycles. The Balaban J connectivity index is 1.61. The van der Waals surface area contributed by atoms with Gasteiger partial charge in [-0.25, -0.2) is 0 Å². The summed E-state index contributed by atoms with van der Waals surface area (Å²) in [5, 5.41) is 16.0. The zero-order chi connectivity index (χ0) is 26.0. The van der Waals surface area contributed by atoms with E-state index in [0.717, 1.165) is 17.2 Å². The third-order valence-corrected chi connectivity index (χ3v) is 5.97. The molecule has 1 heterocycles. The van der Waals surface area contributed by atoms with Gasteiger partial charge in [-0.1, -0.05) is 59.8 Å². The Morgan fingerprint density at radius 1 is 0.972 bits per heavy atom. The highest BCUT2D eigenvalue weighted by Crippen LogP contribution is 2.40. The van der Waals surface area contributed by atoms with Gasteiger partial charge in [0.1, 0.15) is 6.04 Å². The molecule has 6 nitrogen and oxygen atoms in total. The summed E-state index contributed by atoms with van der Waals surface area (Å²) in [6.45, 7) is 5.17. The van der Waals surface area contributed by atoms with Gasteiger partial charge >= 0.3 is 12.1 Å². The lowest BCUT2D eigenvalue weighted by Crippen LogP contribution is -2.35. The molecule has 0 unspecified atom stereocenters. The van der Waals surface area contributed by atoms with Gasteiger partial charge in [-0.2, -0.15) is 18.2 Å². The summed E-state index contributed by atoms with van der Waals surface area (Å²) in [5.74, 6) is -0.743. The van der Waals surface area contributed by atoms with E-state index in [0.29, 0.717) is 11.1 Å². The number of halogens is 3. The number of hydrogen-bond acceptors (Lipinski definition) is 5. The lowest BCUT2D eigenvalue weighted by molar-refractivity contribution is -0.139. The van der Waals surface area contributed by atoms with Crippen LogP contribution >= 0.6 is 0 Å². The van der Waals surface area contributed by atoms with Crippen molar-refractivity contribution in [3.8, 4) is 34.0 Å². The molecule has 186 valence electrons. The molecule has 1 aromatic heterocycles. The van der Waals surface area contributed by atoms with Crippen LogP contribution in [0.4, 0.5) is 13.2 Å². The van der Waals surface area contributed by atoms with Gasteiger partial charge in [0, 0.05) is 17.2 Å². The van der Waals surface area contributed by atoms with E-state index < -0.39 is 23.8 Å². The van der Waals surface area contributed by atoms with Crippen molar-refractivity contribution in [3.63, 3.8) is 0 Å². The van der Waals surface area contributed by atoms with Gasteiger partial charge in [-0.15, -0.1) is 0 Å². The van der Waals surface area contributed by atoms with Crippen LogP contribution in [0.15, 0.2) is 71.3 Å². The van der Waals surface area contributed by atoms with Crippen LogP contribution in [0.25, 0.3) is 34.0 Å². The number of nitrogens with one attached hydrogen (secondary N) is 1. The van der Waals surface area contributed by atoms with E-state index >= 15 is 0 Å². The summed E-state index contributed by atoms with van der Waals surface area (Å²) in [6.07, 6.45) is -4.57. The molecular weight excluding hydrogens is 471 g/mol. The number of alkyl halides is 3. The van der Waals surface area contributed by atoms with Gasteiger partial charge in [0.25, 0.3) is 5.89 Å². The first-order valence-electron chi connectivity index (χ1n) is 11.2. The number of aryl methyl sites for hydroxylation is 1. The lowest BCUT2D eigenvalue weighted by Gasteiger charge is -2.17. The van der Waals surface area contributed by atoms with Crippen LogP contribution in [0.5, 0.6) is 0 Å². The first kappa shape index (κ1) is 25.1. The largest absolute Gasteiger partial charge is 0.480 e. The quantitative estimate of drug-likeness (QED) is 0.303. The predicted octanol–water partition coefficient (Wildman–Crippen LogP) is 6.52. The molecule has 4 aromatic rings. The van der Waals surface area contributed by atoms with Crippen molar-refractivity contribution in [3.05, 3.63) is 83.4 Å². The topological polar surface area (TPSA) is 88.2 Å². The van der Waals surface area contributed by atoms with Gasteiger partial charge < -0.3 is 9.63 Å². The Labute approximate surface area is 205 Å². The van der Waals surface area contributed by atoms with E-state index in [-0.39, 0.29) is 28.9 Å². The van der Waals surface area contributed by atoms with Crippen molar-refractivity contribution in [2.24, 2.45) is 0 Å². The first-order valence-corrected chi connectivity index (χ1v) is 11.2. The van der Waals surface area contributed by atoms with Crippen molar-refractivity contribution in [2.45, 2.75) is 39.0 Å². The van der Waals surface area contributed by atoms with E-state index in [9.17, 15) is 18.0 Å². The smallest absolute Gasteiger partial charge is 0.417 e. The van der Waals surface area contributed by atoms with Crippen LogP contribution in [0.3, 0.4) is 0 Å². The first-order chi connectivity index (χ1) is 17.0. The monoisotopic (exact) mass is 495 g/mol. The Bertz CT molecular complexity index is 1380. The maximum absolute atomic E-state index is 14.0. The molecule has 2 N–H and O–H groups in total. The van der Waals surface area contributed by atoms with Crippen LogP contribution in [0.1, 0.15) is 36.6 Å². The van der Waals surface area contributed by atoms with Crippen LogP contribution in [0.2, 0.25) is 0 Å². The fraction of sp³-hybridized carbons (Fsp3) is 0.222. The highest BCUT2D eigenvalue weighted by atomic mass is 19.4. The molecule has 0 aliphatic carbocycles. The number of carboxylic acid groups (broad SMARTS) is 1. The van der Waals surface area contributed by atoms with E-state index in [1.165, 1.54) is 12.1 Å². The Hall–Kier alpha value is -3.98. The number of hydrogen-bond donors (Lipinski definition) is 2. The van der Waals surface area contributed by atoms with Gasteiger partial charge in [-0.05, 0) is 55.2 Å². The highest BCUT2D eigenvalue weighted by molar-refractivity contribution is 5.75. The van der Waals surface area contributed by atoms with Gasteiger partial charge in [0.2, 0.25) is 5.82 Å². The number of rotatable bonds is 7. The zero-order valence-electron chi connectivity index (χ0n) is 19.8. The molecule has 0 aliphatic heterocycles. The summed E-state index contributed by atoms with van der Waals surface area (Å²) in [7, 11) is 0. The third kappa shape index (κ3) is 5.31. The van der Waals surface area contributed by atoms with Crippen molar-refractivity contribution in [2.75, 3.05) is 0 Å². The molecule has 4 rings (SSSR count). The number of nitrogens with zero attached hydrogens (tertiary/aromatic N) is 2. The van der Waals surface area contributed by atoms with Crippen molar-refractivity contribution < 1.29 is 27.6 Å². The second kappa shape index (κ2) is 9.94. The zero-order valence-corrected chi connectivity index (χ0v) is 19.8. The van der Waals surface area contributed by atoms with Gasteiger partial charge in [-0.3, -0.25) is 10.1 Å². The SMILES string of the molecule is Cc1ccccc1-c1ccc(-c2nc(-c3ccc([C@@H](C)N[C@H](C)C(=O)O)cc3)no2)cc1C(F)(F)F. The number of aromatic nitrogens is 2. The Kier molecular flexibility index (Phi) is 6.94. The normalized spacial score (nSPS) is 13.4. The third-order valence-electron chi connectivity index (χ3n) is 5.97. The fourth-order valence-corrected chi connectivity index (χ4v) is 3.94. The number of benzene rings is 3. The minimum atomic E-state index is -4.57. The van der Waals surface area contributed by atoms with Crippen molar-refractivity contribution >= 4 is 5.97 Å². The number of carboxylic acids is 1. The summed E-state index contributed by atoms with van der Waals surface area (Å²) >= 11 is 0. The molecule has 0 fully saturated rings. The van der Waals surface area contributed by atoms with E-state index in [1.54, 1.807) is 62.4 Å². The second-order valence-corrected chi connectivity index (χ2v) is 8.57. The fourth-order valence-electron chi connectivity index (χ4n) is 3.94. The molecule has 2 atom stereocenters. The molecule has 0 saturated carbocycles. The van der Waals surface area contributed by atoms with Crippen molar-refractivity contribution in [1.82, 2.24) is 15.5 Å². The van der Waals surface area contributed by atoms with E-state index in [4.69, 9.17) is 9.63 Å². The predicted molar refractivity (Wildman–Crippen MR) is 129 cm³/mol. The molecule has 36 heavy (non-hydrogen) atoms. The minimum absolute atomic E-state index is 0.0266. The van der Waals surface area contributed by atoms with E-state index in [1.807, 2.05) is 6.92 Å². The van der Waals surface area contributed by atoms with E-state index in [2.05, 4.69) is 15.5 Å². The van der Waals surface area contributed by atoms with Gasteiger partial charge in [0.05, 0.1) is 5.56 Å². The lowest BCUT2D eigenvalue weighted by atomic mass is 9.94.